The smallest absolute Gasteiger partial charge is 0.208 e. The molecule has 2 N–H and O–H groups in total. The topological polar surface area (TPSA) is 58.2 Å². The van der Waals surface area contributed by atoms with Crippen molar-refractivity contribution in [2.75, 3.05) is 19.3 Å². The maximum Gasteiger partial charge on any atom is 0.208 e. The Labute approximate surface area is 91.7 Å². The zero-order valence-corrected chi connectivity index (χ0v) is 9.90. The Hall–Kier alpha value is 0.450. The van der Waals surface area contributed by atoms with Crippen LogP contribution in [0, 0.1) is 0 Å². The van der Waals surface area contributed by atoms with Gasteiger partial charge in [0.25, 0.3) is 0 Å². The first-order valence-electron chi connectivity index (χ1n) is 3.76. The van der Waals surface area contributed by atoms with E-state index < -0.39 is 10.0 Å². The third-order valence-corrected chi connectivity index (χ3v) is 2.23. The van der Waals surface area contributed by atoms with Gasteiger partial charge in [-0.15, -0.1) is 24.8 Å². The normalized spacial score (nSPS) is 15.8. The van der Waals surface area contributed by atoms with Crippen molar-refractivity contribution < 1.29 is 8.42 Å². The molecule has 4 nitrogen and oxygen atoms in total. The van der Waals surface area contributed by atoms with Crippen LogP contribution in [0.25, 0.3) is 0 Å². The monoisotopic (exact) mass is 250 g/mol. The molecule has 0 aliphatic heterocycles. The molecular weight excluding hydrogens is 235 g/mol. The second-order valence-electron chi connectivity index (χ2n) is 2.89. The van der Waals surface area contributed by atoms with E-state index in [1.165, 1.54) is 19.1 Å². The summed E-state index contributed by atoms with van der Waals surface area (Å²) >= 11 is 0. The molecule has 0 unspecified atom stereocenters. The fourth-order valence-electron chi connectivity index (χ4n) is 0.800. The van der Waals surface area contributed by atoms with Gasteiger partial charge in [0.2, 0.25) is 10.0 Å². The highest BCUT2D eigenvalue weighted by Gasteiger charge is 2.19. The molecule has 82 valence electrons. The molecule has 0 aromatic heterocycles. The summed E-state index contributed by atoms with van der Waals surface area (Å²) in [4.78, 5) is 0. The van der Waals surface area contributed by atoms with Crippen molar-refractivity contribution in [3.63, 3.8) is 0 Å². The number of halogens is 2. The first kappa shape index (κ1) is 15.9. The van der Waals surface area contributed by atoms with Crippen molar-refractivity contribution in [2.45, 2.75) is 18.9 Å². The zero-order chi connectivity index (χ0) is 8.32. The molecule has 1 aliphatic rings. The van der Waals surface area contributed by atoms with Gasteiger partial charge >= 0.3 is 0 Å². The van der Waals surface area contributed by atoms with Gasteiger partial charge < -0.3 is 5.32 Å². The number of hydrogen-bond donors (Lipinski definition) is 2. The maximum atomic E-state index is 10.6. The summed E-state index contributed by atoms with van der Waals surface area (Å²) in [7, 11) is -2.99. The molecular formula is C6H16Cl2N2O2S. The largest absolute Gasteiger partial charge is 0.313 e. The number of rotatable bonds is 5. The van der Waals surface area contributed by atoms with Crippen LogP contribution in [-0.2, 0) is 10.0 Å². The van der Waals surface area contributed by atoms with Crippen LogP contribution in [0.2, 0.25) is 0 Å². The molecule has 1 fully saturated rings. The van der Waals surface area contributed by atoms with Gasteiger partial charge in [-0.3, -0.25) is 0 Å². The Morgan fingerprint density at radius 2 is 1.77 bits per heavy atom. The van der Waals surface area contributed by atoms with Crippen molar-refractivity contribution in [3.05, 3.63) is 0 Å². The summed E-state index contributed by atoms with van der Waals surface area (Å²) in [6, 6.07) is 0.649. The molecule has 0 radical (unpaired) electrons. The van der Waals surface area contributed by atoms with Gasteiger partial charge in [-0.05, 0) is 12.8 Å². The predicted octanol–water partition coefficient (Wildman–Crippen LogP) is 0.131. The highest BCUT2D eigenvalue weighted by atomic mass is 35.5. The lowest BCUT2D eigenvalue weighted by molar-refractivity contribution is 0.581. The number of hydrogen-bond acceptors (Lipinski definition) is 3. The van der Waals surface area contributed by atoms with Gasteiger partial charge in [0.1, 0.15) is 0 Å². The Morgan fingerprint density at radius 3 is 2.15 bits per heavy atom. The van der Waals surface area contributed by atoms with Crippen LogP contribution in [0.5, 0.6) is 0 Å². The predicted molar refractivity (Wildman–Crippen MR) is 58.4 cm³/mol. The minimum Gasteiger partial charge on any atom is -0.313 e. The van der Waals surface area contributed by atoms with Crippen molar-refractivity contribution in [2.24, 2.45) is 0 Å². The Balaban J connectivity index is 0. The summed E-state index contributed by atoms with van der Waals surface area (Å²) in [5.74, 6) is 0. The van der Waals surface area contributed by atoms with E-state index in [0.29, 0.717) is 12.6 Å². The van der Waals surface area contributed by atoms with Gasteiger partial charge in [-0.25, -0.2) is 13.1 Å². The Kier molecular flexibility index (Phi) is 8.36. The molecule has 1 aliphatic carbocycles. The highest BCUT2D eigenvalue weighted by molar-refractivity contribution is 7.88. The summed E-state index contributed by atoms with van der Waals surface area (Å²) in [6.45, 7) is 1.23. The fraction of sp³-hybridized carbons (Fsp3) is 1.00. The van der Waals surface area contributed by atoms with Crippen molar-refractivity contribution in [3.8, 4) is 0 Å². The lowest BCUT2D eigenvalue weighted by Crippen LogP contribution is -2.31. The quantitative estimate of drug-likeness (QED) is 0.683. The van der Waals surface area contributed by atoms with Crippen LogP contribution in [0.15, 0.2) is 0 Å². The molecule has 0 spiro atoms. The van der Waals surface area contributed by atoms with E-state index in [4.69, 9.17) is 0 Å². The molecule has 1 saturated carbocycles. The van der Waals surface area contributed by atoms with Crippen LogP contribution in [0.3, 0.4) is 0 Å². The fourth-order valence-corrected chi connectivity index (χ4v) is 1.27. The average molecular weight is 251 g/mol. The van der Waals surface area contributed by atoms with E-state index in [2.05, 4.69) is 10.0 Å². The van der Waals surface area contributed by atoms with Crippen molar-refractivity contribution in [1.29, 1.82) is 0 Å². The van der Waals surface area contributed by atoms with Gasteiger partial charge in [-0.1, -0.05) is 0 Å². The second-order valence-corrected chi connectivity index (χ2v) is 4.73. The Morgan fingerprint density at radius 1 is 1.23 bits per heavy atom. The summed E-state index contributed by atoms with van der Waals surface area (Å²) < 4.78 is 23.5. The van der Waals surface area contributed by atoms with Crippen molar-refractivity contribution >= 4 is 34.8 Å². The van der Waals surface area contributed by atoms with Crippen LogP contribution < -0.4 is 10.0 Å². The lowest BCUT2D eigenvalue weighted by Gasteiger charge is -2.02. The summed E-state index contributed by atoms with van der Waals surface area (Å²) in [5, 5.41) is 3.20. The van der Waals surface area contributed by atoms with Crippen LogP contribution in [0.1, 0.15) is 12.8 Å². The second kappa shape index (κ2) is 6.84. The third kappa shape index (κ3) is 10.4. The lowest BCUT2D eigenvalue weighted by atomic mass is 10.6. The third-order valence-electron chi connectivity index (χ3n) is 1.50. The average Bonchev–Trinajstić information content (AvgIpc) is 2.60. The molecule has 0 aromatic rings. The first-order valence-corrected chi connectivity index (χ1v) is 5.65. The molecule has 0 saturated heterocycles. The van der Waals surface area contributed by atoms with Gasteiger partial charge in [0.15, 0.2) is 0 Å². The number of sulfonamides is 1. The van der Waals surface area contributed by atoms with Gasteiger partial charge in [0.05, 0.1) is 6.26 Å². The van der Waals surface area contributed by atoms with E-state index in [0.717, 1.165) is 6.54 Å². The minimum absolute atomic E-state index is 0. The van der Waals surface area contributed by atoms with E-state index in [9.17, 15) is 8.42 Å². The molecule has 0 heterocycles. The SMILES string of the molecule is CS(=O)(=O)NCCNC1CC1.Cl.Cl. The zero-order valence-electron chi connectivity index (χ0n) is 7.45. The summed E-state index contributed by atoms with van der Waals surface area (Å²) in [5.41, 5.74) is 0. The maximum absolute atomic E-state index is 10.6. The number of nitrogens with one attached hydrogen (secondary N) is 2. The Bertz CT molecular complexity index is 217. The standard InChI is InChI=1S/C6H14N2O2S.2ClH/c1-11(9,10)8-5-4-7-6-2-3-6;;/h6-8H,2-5H2,1H3;2*1H. The van der Waals surface area contributed by atoms with E-state index in [-0.39, 0.29) is 24.8 Å². The van der Waals surface area contributed by atoms with E-state index >= 15 is 0 Å². The molecule has 0 atom stereocenters. The molecule has 7 heteroatoms. The van der Waals surface area contributed by atoms with Gasteiger partial charge in [-0.2, -0.15) is 0 Å². The molecule has 1 rings (SSSR count). The summed E-state index contributed by atoms with van der Waals surface area (Å²) in [6.07, 6.45) is 3.64. The van der Waals surface area contributed by atoms with Crippen LogP contribution in [0.4, 0.5) is 0 Å². The highest BCUT2D eigenvalue weighted by Crippen LogP contribution is 2.17. The molecule has 0 aromatic carbocycles. The van der Waals surface area contributed by atoms with Crippen molar-refractivity contribution in [1.82, 2.24) is 10.0 Å². The minimum atomic E-state index is -2.99. The molecule has 0 bridgehead atoms. The molecule has 13 heavy (non-hydrogen) atoms. The molecule has 0 amide bonds. The van der Waals surface area contributed by atoms with Crippen LogP contribution in [-0.4, -0.2) is 33.8 Å². The van der Waals surface area contributed by atoms with E-state index in [1.807, 2.05) is 0 Å². The van der Waals surface area contributed by atoms with Crippen LogP contribution >= 0.6 is 24.8 Å². The van der Waals surface area contributed by atoms with Gasteiger partial charge in [0, 0.05) is 19.1 Å². The first-order chi connectivity index (χ1) is 5.08. The van der Waals surface area contributed by atoms with E-state index in [1.54, 1.807) is 0 Å².